The molecule has 1 aromatic rings. The van der Waals surface area contributed by atoms with Crippen molar-refractivity contribution in [2.24, 2.45) is 5.41 Å². The third-order valence-corrected chi connectivity index (χ3v) is 2.86. The number of hydrogen-bond donors (Lipinski definition) is 1. The largest absolute Gasteiger partial charge is 0.492 e. The zero-order valence-corrected chi connectivity index (χ0v) is 12.8. The van der Waals surface area contributed by atoms with Gasteiger partial charge in [-0.25, -0.2) is 0 Å². The van der Waals surface area contributed by atoms with Gasteiger partial charge in [0.05, 0.1) is 6.61 Å². The van der Waals surface area contributed by atoms with E-state index in [0.29, 0.717) is 18.2 Å². The maximum Gasteiger partial charge on any atom is 0.119 e. The van der Waals surface area contributed by atoms with Gasteiger partial charge in [-0.3, -0.25) is 4.90 Å². The summed E-state index contributed by atoms with van der Waals surface area (Å²) in [6.45, 7) is 9.79. The molecule has 0 saturated carbocycles. The number of rotatable bonds is 7. The van der Waals surface area contributed by atoms with Crippen molar-refractivity contribution >= 4 is 11.6 Å². The highest BCUT2D eigenvalue weighted by Crippen LogP contribution is 2.17. The van der Waals surface area contributed by atoms with E-state index in [9.17, 15) is 0 Å². The molecule has 0 aliphatic heterocycles. The lowest BCUT2D eigenvalue weighted by Crippen LogP contribution is -2.37. The molecular weight excluding hydrogens is 262 g/mol. The van der Waals surface area contributed by atoms with Crippen LogP contribution in [-0.2, 0) is 0 Å². The van der Waals surface area contributed by atoms with Crippen LogP contribution in [0, 0.1) is 5.41 Å². The van der Waals surface area contributed by atoms with Crippen LogP contribution < -0.4 is 4.74 Å². The van der Waals surface area contributed by atoms with Crippen LogP contribution in [0.25, 0.3) is 0 Å². The van der Waals surface area contributed by atoms with Crippen molar-refractivity contribution in [1.29, 1.82) is 0 Å². The molecule has 0 bridgehead atoms. The first-order chi connectivity index (χ1) is 8.90. The lowest BCUT2D eigenvalue weighted by Gasteiger charge is -2.29. The SMILES string of the molecule is CC(C)(C)CN(CCO)CCOc1ccc(Cl)cc1. The Morgan fingerprint density at radius 1 is 1.16 bits per heavy atom. The number of hydrogen-bond acceptors (Lipinski definition) is 3. The van der Waals surface area contributed by atoms with Crippen molar-refractivity contribution in [1.82, 2.24) is 4.90 Å². The van der Waals surface area contributed by atoms with Gasteiger partial charge in [0.15, 0.2) is 0 Å². The molecule has 108 valence electrons. The molecule has 0 aliphatic carbocycles. The Hall–Kier alpha value is -0.770. The Morgan fingerprint density at radius 2 is 1.79 bits per heavy atom. The highest BCUT2D eigenvalue weighted by molar-refractivity contribution is 6.30. The summed E-state index contributed by atoms with van der Waals surface area (Å²) in [7, 11) is 0. The van der Waals surface area contributed by atoms with E-state index in [0.717, 1.165) is 18.8 Å². The monoisotopic (exact) mass is 285 g/mol. The second-order valence-corrected chi connectivity index (χ2v) is 6.30. The third-order valence-electron chi connectivity index (χ3n) is 2.60. The van der Waals surface area contributed by atoms with Gasteiger partial charge in [0, 0.05) is 24.7 Å². The Bertz CT molecular complexity index is 359. The lowest BCUT2D eigenvalue weighted by atomic mass is 9.96. The third kappa shape index (κ3) is 7.41. The Balaban J connectivity index is 2.37. The summed E-state index contributed by atoms with van der Waals surface area (Å²) in [5.74, 6) is 0.823. The van der Waals surface area contributed by atoms with Crippen LogP contribution in [0.3, 0.4) is 0 Å². The average Bonchev–Trinajstić information content (AvgIpc) is 2.30. The minimum atomic E-state index is 0.178. The molecule has 0 atom stereocenters. The standard InChI is InChI=1S/C15H24ClNO2/c1-15(2,3)12-17(8-10-18)9-11-19-14-6-4-13(16)5-7-14/h4-7,18H,8-12H2,1-3H3. The van der Waals surface area contributed by atoms with Crippen LogP contribution in [0.5, 0.6) is 5.75 Å². The zero-order valence-electron chi connectivity index (χ0n) is 12.0. The molecule has 0 unspecified atom stereocenters. The molecule has 0 fully saturated rings. The average molecular weight is 286 g/mol. The van der Waals surface area contributed by atoms with Gasteiger partial charge in [-0.15, -0.1) is 0 Å². The van der Waals surface area contributed by atoms with Crippen LogP contribution in [0.2, 0.25) is 5.02 Å². The highest BCUT2D eigenvalue weighted by Gasteiger charge is 2.15. The van der Waals surface area contributed by atoms with E-state index in [2.05, 4.69) is 25.7 Å². The van der Waals surface area contributed by atoms with E-state index in [4.69, 9.17) is 21.4 Å². The van der Waals surface area contributed by atoms with Gasteiger partial charge in [-0.05, 0) is 29.7 Å². The van der Waals surface area contributed by atoms with Crippen LogP contribution >= 0.6 is 11.6 Å². The fourth-order valence-electron chi connectivity index (χ4n) is 1.91. The predicted molar refractivity (Wildman–Crippen MR) is 79.9 cm³/mol. The predicted octanol–water partition coefficient (Wildman–Crippen LogP) is 3.06. The lowest BCUT2D eigenvalue weighted by molar-refractivity contribution is 0.132. The molecule has 19 heavy (non-hydrogen) atoms. The summed E-state index contributed by atoms with van der Waals surface area (Å²) in [5, 5.41) is 9.79. The summed E-state index contributed by atoms with van der Waals surface area (Å²) in [5.41, 5.74) is 0.218. The number of nitrogens with zero attached hydrogens (tertiary/aromatic N) is 1. The summed E-state index contributed by atoms with van der Waals surface area (Å²) >= 11 is 5.82. The second-order valence-electron chi connectivity index (χ2n) is 5.86. The van der Waals surface area contributed by atoms with Crippen molar-refractivity contribution in [2.75, 3.05) is 32.8 Å². The first kappa shape index (κ1) is 16.3. The van der Waals surface area contributed by atoms with E-state index < -0.39 is 0 Å². The van der Waals surface area contributed by atoms with Crippen molar-refractivity contribution in [3.05, 3.63) is 29.3 Å². The quantitative estimate of drug-likeness (QED) is 0.836. The number of aliphatic hydroxyl groups excluding tert-OH is 1. The second kappa shape index (κ2) is 7.73. The maximum absolute atomic E-state index is 9.08. The maximum atomic E-state index is 9.08. The Kier molecular flexibility index (Phi) is 6.63. The van der Waals surface area contributed by atoms with Gasteiger partial charge < -0.3 is 9.84 Å². The van der Waals surface area contributed by atoms with E-state index in [-0.39, 0.29) is 12.0 Å². The molecule has 0 aliphatic rings. The smallest absolute Gasteiger partial charge is 0.119 e. The summed E-state index contributed by atoms with van der Waals surface area (Å²) < 4.78 is 5.67. The molecule has 1 aromatic carbocycles. The fourth-order valence-corrected chi connectivity index (χ4v) is 2.03. The number of ether oxygens (including phenoxy) is 1. The van der Waals surface area contributed by atoms with Crippen LogP contribution in [0.15, 0.2) is 24.3 Å². The number of aliphatic hydroxyl groups is 1. The van der Waals surface area contributed by atoms with E-state index >= 15 is 0 Å². The summed E-state index contributed by atoms with van der Waals surface area (Å²) in [6.07, 6.45) is 0. The van der Waals surface area contributed by atoms with Crippen LogP contribution in [-0.4, -0.2) is 42.9 Å². The molecule has 1 rings (SSSR count). The molecule has 1 N–H and O–H groups in total. The van der Waals surface area contributed by atoms with E-state index in [1.807, 2.05) is 24.3 Å². The molecular formula is C15H24ClNO2. The molecule has 0 saturated heterocycles. The van der Waals surface area contributed by atoms with E-state index in [1.165, 1.54) is 0 Å². The van der Waals surface area contributed by atoms with Crippen molar-refractivity contribution in [3.63, 3.8) is 0 Å². The number of benzene rings is 1. The van der Waals surface area contributed by atoms with E-state index in [1.54, 1.807) is 0 Å². The van der Waals surface area contributed by atoms with Gasteiger partial charge >= 0.3 is 0 Å². The molecule has 0 amide bonds. The van der Waals surface area contributed by atoms with Crippen LogP contribution in [0.4, 0.5) is 0 Å². The molecule has 0 aromatic heterocycles. The van der Waals surface area contributed by atoms with Crippen molar-refractivity contribution < 1.29 is 9.84 Å². The molecule has 0 heterocycles. The van der Waals surface area contributed by atoms with Gasteiger partial charge in [0.1, 0.15) is 12.4 Å². The van der Waals surface area contributed by atoms with Gasteiger partial charge in [0.25, 0.3) is 0 Å². The van der Waals surface area contributed by atoms with Crippen molar-refractivity contribution in [2.45, 2.75) is 20.8 Å². The fraction of sp³-hybridized carbons (Fsp3) is 0.600. The van der Waals surface area contributed by atoms with Crippen LogP contribution in [0.1, 0.15) is 20.8 Å². The summed E-state index contributed by atoms with van der Waals surface area (Å²) in [6, 6.07) is 7.36. The molecule has 4 heteroatoms. The first-order valence-corrected chi connectivity index (χ1v) is 7.00. The summed E-state index contributed by atoms with van der Waals surface area (Å²) in [4.78, 5) is 2.22. The molecule has 0 spiro atoms. The Morgan fingerprint density at radius 3 is 2.32 bits per heavy atom. The normalized spacial score (nSPS) is 11.9. The number of halogens is 1. The minimum Gasteiger partial charge on any atom is -0.492 e. The first-order valence-electron chi connectivity index (χ1n) is 6.62. The minimum absolute atomic E-state index is 0.178. The van der Waals surface area contributed by atoms with Gasteiger partial charge in [-0.2, -0.15) is 0 Å². The van der Waals surface area contributed by atoms with Gasteiger partial charge in [-0.1, -0.05) is 32.4 Å². The topological polar surface area (TPSA) is 32.7 Å². The van der Waals surface area contributed by atoms with Crippen molar-refractivity contribution in [3.8, 4) is 5.75 Å². The zero-order chi connectivity index (χ0) is 14.3. The molecule has 3 nitrogen and oxygen atoms in total. The highest BCUT2D eigenvalue weighted by atomic mass is 35.5. The molecule has 0 radical (unpaired) electrons. The van der Waals surface area contributed by atoms with Gasteiger partial charge in [0.2, 0.25) is 0 Å². The Labute approximate surface area is 121 Å².